The van der Waals surface area contributed by atoms with Gasteiger partial charge in [-0.1, -0.05) is 19.8 Å². The number of sulfonamides is 1. The molecule has 3 heterocycles. The molecule has 1 aromatic rings. The highest BCUT2D eigenvalue weighted by Crippen LogP contribution is 2.32. The van der Waals surface area contributed by atoms with Gasteiger partial charge < -0.3 is 9.80 Å². The highest BCUT2D eigenvalue weighted by atomic mass is 32.2. The van der Waals surface area contributed by atoms with Crippen LogP contribution in [0, 0.1) is 5.92 Å². The molecule has 0 spiro atoms. The van der Waals surface area contributed by atoms with Gasteiger partial charge in [-0.2, -0.15) is 4.31 Å². The summed E-state index contributed by atoms with van der Waals surface area (Å²) in [5.41, 5.74) is 1.50. The van der Waals surface area contributed by atoms with E-state index in [2.05, 4.69) is 6.92 Å². The predicted molar refractivity (Wildman–Crippen MR) is 119 cm³/mol. The summed E-state index contributed by atoms with van der Waals surface area (Å²) in [7, 11) is -3.54. The first kappa shape index (κ1) is 22.3. The van der Waals surface area contributed by atoms with Crippen molar-refractivity contribution in [3.63, 3.8) is 0 Å². The van der Waals surface area contributed by atoms with Gasteiger partial charge in [-0.25, -0.2) is 8.42 Å². The average Bonchev–Trinajstić information content (AvgIpc) is 3.05. The summed E-state index contributed by atoms with van der Waals surface area (Å²) in [4.78, 5) is 29.2. The first-order valence-corrected chi connectivity index (χ1v) is 13.0. The number of carbonyl (C=O) groups excluding carboxylic acids is 2. The molecule has 1 aromatic carbocycles. The Kier molecular flexibility index (Phi) is 6.67. The Morgan fingerprint density at radius 1 is 1.00 bits per heavy atom. The monoisotopic (exact) mass is 447 g/mol. The maximum atomic E-state index is 13.1. The average molecular weight is 448 g/mol. The summed E-state index contributed by atoms with van der Waals surface area (Å²) in [5.74, 6) is 0.454. The van der Waals surface area contributed by atoms with Crippen molar-refractivity contribution < 1.29 is 18.0 Å². The number of fused-ring (bicyclic) bond motifs is 1. The zero-order valence-electron chi connectivity index (χ0n) is 18.4. The molecule has 170 valence electrons. The molecule has 0 N–H and O–H groups in total. The quantitative estimate of drug-likeness (QED) is 0.711. The van der Waals surface area contributed by atoms with E-state index in [1.54, 1.807) is 27.4 Å². The Balaban J connectivity index is 1.53. The lowest BCUT2D eigenvalue weighted by molar-refractivity contribution is -0.131. The Hall–Kier alpha value is -1.93. The number of nitrogens with zero attached hydrogens (tertiary/aromatic N) is 3. The first-order valence-electron chi connectivity index (χ1n) is 11.6. The number of carbonyl (C=O) groups is 2. The van der Waals surface area contributed by atoms with E-state index in [0.717, 1.165) is 57.2 Å². The summed E-state index contributed by atoms with van der Waals surface area (Å²) < 4.78 is 27.8. The van der Waals surface area contributed by atoms with Gasteiger partial charge in [-0.3, -0.25) is 9.59 Å². The van der Waals surface area contributed by atoms with Gasteiger partial charge in [0, 0.05) is 38.3 Å². The molecule has 7 nitrogen and oxygen atoms in total. The number of amides is 2. The van der Waals surface area contributed by atoms with E-state index in [1.165, 1.54) is 0 Å². The van der Waals surface area contributed by atoms with Crippen LogP contribution >= 0.6 is 0 Å². The molecule has 2 amide bonds. The summed E-state index contributed by atoms with van der Waals surface area (Å²) in [6.07, 6.45) is 6.86. The van der Waals surface area contributed by atoms with Crippen molar-refractivity contribution in [1.82, 2.24) is 9.21 Å². The van der Waals surface area contributed by atoms with Crippen LogP contribution in [0.1, 0.15) is 57.4 Å². The molecule has 3 aliphatic heterocycles. The largest absolute Gasteiger partial charge is 0.341 e. The lowest BCUT2D eigenvalue weighted by Crippen LogP contribution is -2.45. The summed E-state index contributed by atoms with van der Waals surface area (Å²) in [6, 6.07) is 5.01. The van der Waals surface area contributed by atoms with Gasteiger partial charge >= 0.3 is 0 Å². The molecular formula is C23H33N3O4S. The van der Waals surface area contributed by atoms with Crippen LogP contribution in [0.5, 0.6) is 0 Å². The molecular weight excluding hydrogens is 414 g/mol. The molecule has 31 heavy (non-hydrogen) atoms. The Labute approximate surface area is 185 Å². The number of hydrogen-bond acceptors (Lipinski definition) is 4. The van der Waals surface area contributed by atoms with Crippen LogP contribution in [0.15, 0.2) is 23.1 Å². The standard InChI is InChI=1S/C23H33N3O4S/c1-18-10-14-25(15-11-18)31(29,30)20-7-8-21-19(16-20)6-9-22(27)26(21)17-23(28)24-12-4-2-3-5-13-24/h7-8,16,18H,2-6,9-15,17H2,1H3. The number of aryl methyl sites for hydroxylation is 1. The van der Waals surface area contributed by atoms with E-state index in [9.17, 15) is 18.0 Å². The van der Waals surface area contributed by atoms with Crippen molar-refractivity contribution in [2.45, 2.75) is 63.2 Å². The van der Waals surface area contributed by atoms with Crippen LogP contribution in [-0.4, -0.2) is 62.2 Å². The van der Waals surface area contributed by atoms with Crippen molar-refractivity contribution in [1.29, 1.82) is 0 Å². The normalized spacial score (nSPS) is 21.6. The number of likely N-dealkylation sites (tertiary alicyclic amines) is 1. The Morgan fingerprint density at radius 2 is 1.68 bits per heavy atom. The van der Waals surface area contributed by atoms with Crippen molar-refractivity contribution in [2.75, 3.05) is 37.6 Å². The highest BCUT2D eigenvalue weighted by Gasteiger charge is 2.32. The smallest absolute Gasteiger partial charge is 0.243 e. The predicted octanol–water partition coefficient (Wildman–Crippen LogP) is 2.79. The third-order valence-corrected chi connectivity index (χ3v) is 8.78. The minimum Gasteiger partial charge on any atom is -0.341 e. The number of benzene rings is 1. The second-order valence-electron chi connectivity index (χ2n) is 9.15. The molecule has 0 aromatic heterocycles. The minimum absolute atomic E-state index is 0.0257. The number of piperidine rings is 1. The van der Waals surface area contributed by atoms with Gasteiger partial charge in [-0.05, 0) is 61.8 Å². The van der Waals surface area contributed by atoms with Gasteiger partial charge in [-0.15, -0.1) is 0 Å². The van der Waals surface area contributed by atoms with Crippen molar-refractivity contribution >= 4 is 27.5 Å². The van der Waals surface area contributed by atoms with E-state index in [0.29, 0.717) is 37.5 Å². The maximum Gasteiger partial charge on any atom is 0.243 e. The fraction of sp³-hybridized carbons (Fsp3) is 0.652. The Bertz CT molecular complexity index is 930. The number of anilines is 1. The third kappa shape index (κ3) is 4.80. The van der Waals surface area contributed by atoms with Gasteiger partial charge in [0.05, 0.1) is 4.90 Å². The first-order chi connectivity index (χ1) is 14.9. The lowest BCUT2D eigenvalue weighted by atomic mass is 10.0. The number of hydrogen-bond donors (Lipinski definition) is 0. The summed E-state index contributed by atoms with van der Waals surface area (Å²) >= 11 is 0. The van der Waals surface area contributed by atoms with Crippen molar-refractivity contribution in [3.8, 4) is 0 Å². The molecule has 3 aliphatic rings. The van der Waals surface area contributed by atoms with E-state index in [4.69, 9.17) is 0 Å². The van der Waals surface area contributed by atoms with E-state index in [-0.39, 0.29) is 23.3 Å². The molecule has 4 rings (SSSR count). The molecule has 8 heteroatoms. The van der Waals surface area contributed by atoms with Gasteiger partial charge in [0.2, 0.25) is 21.8 Å². The highest BCUT2D eigenvalue weighted by molar-refractivity contribution is 7.89. The fourth-order valence-corrected chi connectivity index (χ4v) is 6.32. The van der Waals surface area contributed by atoms with Crippen LogP contribution in [0.3, 0.4) is 0 Å². The van der Waals surface area contributed by atoms with E-state index < -0.39 is 10.0 Å². The molecule has 2 fully saturated rings. The van der Waals surface area contributed by atoms with Crippen LogP contribution in [0.4, 0.5) is 5.69 Å². The molecule has 0 unspecified atom stereocenters. The van der Waals surface area contributed by atoms with E-state index >= 15 is 0 Å². The zero-order valence-corrected chi connectivity index (χ0v) is 19.2. The molecule has 0 aliphatic carbocycles. The maximum absolute atomic E-state index is 13.1. The van der Waals surface area contributed by atoms with Crippen LogP contribution in [0.2, 0.25) is 0 Å². The van der Waals surface area contributed by atoms with Gasteiger partial charge in [0.15, 0.2) is 0 Å². The molecule has 0 saturated carbocycles. The van der Waals surface area contributed by atoms with Crippen LogP contribution in [-0.2, 0) is 26.0 Å². The van der Waals surface area contributed by atoms with Gasteiger partial charge in [0.25, 0.3) is 0 Å². The molecule has 0 bridgehead atoms. The second-order valence-corrected chi connectivity index (χ2v) is 11.1. The molecule has 0 radical (unpaired) electrons. The fourth-order valence-electron chi connectivity index (χ4n) is 4.80. The van der Waals surface area contributed by atoms with Crippen molar-refractivity contribution in [2.24, 2.45) is 5.92 Å². The number of rotatable bonds is 4. The summed E-state index contributed by atoms with van der Waals surface area (Å²) in [5, 5.41) is 0. The van der Waals surface area contributed by atoms with Crippen LogP contribution in [0.25, 0.3) is 0 Å². The topological polar surface area (TPSA) is 78.0 Å². The molecule has 2 saturated heterocycles. The molecule has 0 atom stereocenters. The van der Waals surface area contributed by atoms with Crippen molar-refractivity contribution in [3.05, 3.63) is 23.8 Å². The third-order valence-electron chi connectivity index (χ3n) is 6.88. The second kappa shape index (κ2) is 9.28. The van der Waals surface area contributed by atoms with Gasteiger partial charge in [0.1, 0.15) is 6.54 Å². The summed E-state index contributed by atoms with van der Waals surface area (Å²) in [6.45, 7) is 4.78. The zero-order chi connectivity index (χ0) is 22.0. The SMILES string of the molecule is CC1CCN(S(=O)(=O)c2ccc3c(c2)CCC(=O)N3CC(=O)N2CCCCCC2)CC1. The minimum atomic E-state index is -3.54. The van der Waals surface area contributed by atoms with Crippen LogP contribution < -0.4 is 4.90 Å². The van der Waals surface area contributed by atoms with E-state index in [1.807, 2.05) is 4.90 Å². The Morgan fingerprint density at radius 3 is 2.35 bits per heavy atom. The lowest BCUT2D eigenvalue weighted by Gasteiger charge is -2.32.